The van der Waals surface area contributed by atoms with Gasteiger partial charge in [-0.25, -0.2) is 0 Å². The summed E-state index contributed by atoms with van der Waals surface area (Å²) in [6, 6.07) is 3.47. The molecule has 1 aromatic heterocycles. The lowest BCUT2D eigenvalue weighted by atomic mass is 9.86. The van der Waals surface area contributed by atoms with Crippen molar-refractivity contribution in [3.63, 3.8) is 0 Å². The molecule has 108 valence electrons. The lowest BCUT2D eigenvalue weighted by Crippen LogP contribution is -2.41. The van der Waals surface area contributed by atoms with Crippen LogP contribution >= 0.6 is 0 Å². The topological polar surface area (TPSA) is 117 Å². The highest BCUT2D eigenvalue weighted by Crippen LogP contribution is 2.27. The molecule has 1 saturated heterocycles. The summed E-state index contributed by atoms with van der Waals surface area (Å²) in [4.78, 5) is 27.3. The van der Waals surface area contributed by atoms with E-state index in [1.54, 1.807) is 12.1 Å². The van der Waals surface area contributed by atoms with Gasteiger partial charge in [-0.2, -0.15) is 0 Å². The van der Waals surface area contributed by atoms with Crippen LogP contribution in [-0.4, -0.2) is 47.6 Å². The Morgan fingerprint density at radius 3 is 3.05 bits per heavy atom. The number of aromatic nitrogens is 1. The lowest BCUT2D eigenvalue weighted by molar-refractivity contribution is -0.118. The Morgan fingerprint density at radius 1 is 1.55 bits per heavy atom. The van der Waals surface area contributed by atoms with Crippen molar-refractivity contribution in [2.45, 2.75) is 18.4 Å². The van der Waals surface area contributed by atoms with Gasteiger partial charge in [0.15, 0.2) is 0 Å². The number of piperidine rings is 1. The Labute approximate surface area is 116 Å². The van der Waals surface area contributed by atoms with Crippen LogP contribution in [-0.2, 0) is 4.79 Å². The minimum atomic E-state index is -0.582. The molecule has 1 aliphatic heterocycles. The van der Waals surface area contributed by atoms with Crippen LogP contribution in [0.3, 0.4) is 0 Å². The molecule has 5 N–H and O–H groups in total. The second-order valence-electron chi connectivity index (χ2n) is 4.69. The van der Waals surface area contributed by atoms with Crippen LogP contribution in [0.1, 0.15) is 28.4 Å². The minimum absolute atomic E-state index is 0.167. The monoisotopic (exact) mass is 278 g/mol. The van der Waals surface area contributed by atoms with Gasteiger partial charge < -0.3 is 16.2 Å². The zero-order valence-electron chi connectivity index (χ0n) is 11.0. The fraction of sp³-hybridized carbons (Fsp3) is 0.462. The van der Waals surface area contributed by atoms with E-state index in [0.717, 1.165) is 6.54 Å². The van der Waals surface area contributed by atoms with Crippen molar-refractivity contribution in [1.29, 1.82) is 0 Å². The Balaban J connectivity index is 2.25. The van der Waals surface area contributed by atoms with Gasteiger partial charge in [0.25, 0.3) is 5.91 Å². The smallest absolute Gasteiger partial charge is 0.276 e. The highest BCUT2D eigenvalue weighted by Gasteiger charge is 2.28. The highest BCUT2D eigenvalue weighted by atomic mass is 16.3. The van der Waals surface area contributed by atoms with Crippen LogP contribution < -0.4 is 16.4 Å². The maximum Gasteiger partial charge on any atom is 0.276 e. The van der Waals surface area contributed by atoms with E-state index in [0.29, 0.717) is 18.5 Å². The number of pyridine rings is 1. The van der Waals surface area contributed by atoms with Gasteiger partial charge in [0.05, 0.1) is 12.6 Å². The van der Waals surface area contributed by atoms with Crippen LogP contribution in [0.5, 0.6) is 0 Å². The summed E-state index contributed by atoms with van der Waals surface area (Å²) >= 11 is 0. The number of imide groups is 1. The molecule has 0 radical (unpaired) electrons. The van der Waals surface area contributed by atoms with E-state index < -0.39 is 17.9 Å². The minimum Gasteiger partial charge on any atom is -0.391 e. The molecule has 0 bridgehead atoms. The summed E-state index contributed by atoms with van der Waals surface area (Å²) in [5, 5.41) is 15.3. The molecule has 1 fully saturated rings. The van der Waals surface area contributed by atoms with Crippen molar-refractivity contribution < 1.29 is 14.7 Å². The number of nitrogens with zero attached hydrogens (tertiary/aromatic N) is 1. The first-order valence-corrected chi connectivity index (χ1v) is 6.51. The quantitative estimate of drug-likeness (QED) is 0.548. The first-order valence-electron chi connectivity index (χ1n) is 6.51. The first-order chi connectivity index (χ1) is 9.63. The van der Waals surface area contributed by atoms with E-state index in [-0.39, 0.29) is 18.2 Å². The Hall–Kier alpha value is -1.83. The zero-order chi connectivity index (χ0) is 14.5. The standard InChI is InChI=1S/C13H18N4O3/c14-6-11(19)17-13(20)12-9(2-1-4-16-12)8-3-5-15-7-10(8)18/h1-2,4,8,10,15,18H,3,5-7,14H2,(H,17,19,20). The molecule has 0 aliphatic carbocycles. The summed E-state index contributed by atoms with van der Waals surface area (Å²) < 4.78 is 0. The molecule has 20 heavy (non-hydrogen) atoms. The van der Waals surface area contributed by atoms with Gasteiger partial charge in [-0.05, 0) is 24.6 Å². The van der Waals surface area contributed by atoms with E-state index in [2.05, 4.69) is 15.6 Å². The molecule has 2 heterocycles. The third kappa shape index (κ3) is 3.19. The maximum absolute atomic E-state index is 12.0. The van der Waals surface area contributed by atoms with Crippen molar-refractivity contribution in [2.75, 3.05) is 19.6 Å². The van der Waals surface area contributed by atoms with Gasteiger partial charge >= 0.3 is 0 Å². The number of aliphatic hydroxyl groups excluding tert-OH is 1. The highest BCUT2D eigenvalue weighted by molar-refractivity contribution is 6.04. The zero-order valence-corrected chi connectivity index (χ0v) is 11.0. The molecule has 0 aromatic carbocycles. The number of amides is 2. The van der Waals surface area contributed by atoms with Gasteiger partial charge in [-0.3, -0.25) is 19.9 Å². The number of aliphatic hydroxyl groups is 1. The number of hydrogen-bond acceptors (Lipinski definition) is 6. The van der Waals surface area contributed by atoms with Crippen LogP contribution in [0.15, 0.2) is 18.3 Å². The Kier molecular flexibility index (Phi) is 4.78. The molecule has 0 spiro atoms. The van der Waals surface area contributed by atoms with E-state index in [1.165, 1.54) is 6.20 Å². The summed E-state index contributed by atoms with van der Waals surface area (Å²) in [7, 11) is 0. The Bertz CT molecular complexity index is 506. The molecule has 0 saturated carbocycles. The van der Waals surface area contributed by atoms with Crippen molar-refractivity contribution in [1.82, 2.24) is 15.6 Å². The summed E-state index contributed by atoms with van der Waals surface area (Å²) in [5.74, 6) is -1.31. The van der Waals surface area contributed by atoms with E-state index in [1.807, 2.05) is 0 Å². The van der Waals surface area contributed by atoms with Crippen molar-refractivity contribution in [3.05, 3.63) is 29.6 Å². The van der Waals surface area contributed by atoms with Gasteiger partial charge in [0.2, 0.25) is 5.91 Å². The van der Waals surface area contributed by atoms with Crippen LogP contribution in [0.2, 0.25) is 0 Å². The van der Waals surface area contributed by atoms with E-state index in [4.69, 9.17) is 5.73 Å². The molecular formula is C13H18N4O3. The predicted molar refractivity (Wildman–Crippen MR) is 72.0 cm³/mol. The molecule has 7 nitrogen and oxygen atoms in total. The number of carbonyl (C=O) groups is 2. The van der Waals surface area contributed by atoms with Gasteiger partial charge in [-0.1, -0.05) is 6.07 Å². The van der Waals surface area contributed by atoms with Crippen LogP contribution in [0.25, 0.3) is 0 Å². The molecule has 7 heteroatoms. The fourth-order valence-corrected chi connectivity index (χ4v) is 2.35. The lowest BCUT2D eigenvalue weighted by Gasteiger charge is -2.29. The maximum atomic E-state index is 12.0. The fourth-order valence-electron chi connectivity index (χ4n) is 2.35. The van der Waals surface area contributed by atoms with Crippen LogP contribution in [0.4, 0.5) is 0 Å². The molecule has 1 aromatic rings. The van der Waals surface area contributed by atoms with E-state index >= 15 is 0 Å². The third-order valence-electron chi connectivity index (χ3n) is 3.34. The molecular weight excluding hydrogens is 260 g/mol. The summed E-state index contributed by atoms with van der Waals surface area (Å²) in [6.07, 6.45) is 1.61. The van der Waals surface area contributed by atoms with Crippen LogP contribution in [0, 0.1) is 0 Å². The molecule has 2 rings (SSSR count). The van der Waals surface area contributed by atoms with E-state index in [9.17, 15) is 14.7 Å². The Morgan fingerprint density at radius 2 is 2.35 bits per heavy atom. The SMILES string of the molecule is NCC(=O)NC(=O)c1ncccc1C1CCNCC1O. The number of carbonyl (C=O) groups excluding carboxylic acids is 2. The number of nitrogens with two attached hydrogens (primary N) is 1. The summed E-state index contributed by atoms with van der Waals surface area (Å²) in [6.45, 7) is 0.978. The number of hydrogen-bond donors (Lipinski definition) is 4. The largest absolute Gasteiger partial charge is 0.391 e. The number of β-amino-alcohol motifs (C(OH)–C–C–N with tert-alkyl or cyclic N) is 1. The predicted octanol–water partition coefficient (Wildman–Crippen LogP) is -1.27. The number of rotatable bonds is 3. The van der Waals surface area contributed by atoms with Gasteiger partial charge in [0.1, 0.15) is 5.69 Å². The van der Waals surface area contributed by atoms with Crippen molar-refractivity contribution >= 4 is 11.8 Å². The summed E-state index contributed by atoms with van der Waals surface area (Å²) in [5.41, 5.74) is 5.99. The second-order valence-corrected chi connectivity index (χ2v) is 4.69. The second kappa shape index (κ2) is 6.56. The first kappa shape index (κ1) is 14.6. The van der Waals surface area contributed by atoms with Crippen molar-refractivity contribution in [2.24, 2.45) is 5.73 Å². The molecule has 2 amide bonds. The van der Waals surface area contributed by atoms with Gasteiger partial charge in [0, 0.05) is 18.7 Å². The molecule has 2 atom stereocenters. The average molecular weight is 278 g/mol. The number of nitrogens with one attached hydrogen (secondary N) is 2. The van der Waals surface area contributed by atoms with Gasteiger partial charge in [-0.15, -0.1) is 0 Å². The average Bonchev–Trinajstić information content (AvgIpc) is 2.47. The normalized spacial score (nSPS) is 22.3. The third-order valence-corrected chi connectivity index (χ3v) is 3.34. The van der Waals surface area contributed by atoms with Crippen molar-refractivity contribution in [3.8, 4) is 0 Å². The molecule has 1 aliphatic rings. The molecule has 2 unspecified atom stereocenters.